The molecule has 0 saturated carbocycles. The maximum Gasteiger partial charge on any atom is 0.338 e. The zero-order valence-corrected chi connectivity index (χ0v) is 19.3. The standard InChI is InChI=1S/C25H29NO7/c1-13-5-6-14-11-17-25(29)8-7-15(30-18(27)12-16-22(28)33-23(2,3)32-16)21-24(25,9-10-26(17)4)19(14)20(13)31-21/h5-7,16-17,21,29H,8-12H2,1-4H3/t16-,17+,21-,24-,25+/m0/s1. The number of hydrogen-bond acceptors (Lipinski definition) is 8. The monoisotopic (exact) mass is 455 g/mol. The molecule has 2 bridgehead atoms. The van der Waals surface area contributed by atoms with E-state index in [1.165, 1.54) is 5.56 Å². The van der Waals surface area contributed by atoms with Crippen LogP contribution in [0.5, 0.6) is 5.75 Å². The SMILES string of the molecule is Cc1ccc2c3c1O[C@H]1C(OC(=O)C[C@@H]4OC(C)(C)OC4=O)=CC[C@@]4(O)[C@@H](C2)N(C)CC[C@]314. The first-order valence-corrected chi connectivity index (χ1v) is 11.6. The Hall–Kier alpha value is -2.42. The van der Waals surface area contributed by atoms with Gasteiger partial charge in [0.2, 0.25) is 5.79 Å². The van der Waals surface area contributed by atoms with Crippen LogP contribution in [0.3, 0.4) is 0 Å². The fourth-order valence-corrected chi connectivity index (χ4v) is 6.76. The van der Waals surface area contributed by atoms with E-state index in [1.54, 1.807) is 19.9 Å². The van der Waals surface area contributed by atoms with Crippen LogP contribution in [0.25, 0.3) is 0 Å². The van der Waals surface area contributed by atoms with Crippen molar-refractivity contribution in [1.82, 2.24) is 4.90 Å². The highest BCUT2D eigenvalue weighted by Gasteiger charge is 2.71. The predicted octanol–water partition coefficient (Wildman–Crippen LogP) is 1.88. The largest absolute Gasteiger partial charge is 0.481 e. The Labute approximate surface area is 192 Å². The van der Waals surface area contributed by atoms with Gasteiger partial charge in [0.25, 0.3) is 0 Å². The number of carbonyl (C=O) groups excluding carboxylic acids is 2. The number of aryl methyl sites for hydroxylation is 1. The van der Waals surface area contributed by atoms with Gasteiger partial charge in [0, 0.05) is 31.9 Å². The number of rotatable bonds is 3. The second-order valence-electron chi connectivity index (χ2n) is 10.5. The van der Waals surface area contributed by atoms with Gasteiger partial charge in [-0.15, -0.1) is 0 Å². The summed E-state index contributed by atoms with van der Waals surface area (Å²) in [5.74, 6) is -1.01. The van der Waals surface area contributed by atoms with Crippen molar-refractivity contribution in [2.24, 2.45) is 0 Å². The Bertz CT molecular complexity index is 1110. The van der Waals surface area contributed by atoms with Crippen molar-refractivity contribution >= 4 is 11.9 Å². The fraction of sp³-hybridized carbons (Fsp3) is 0.600. The highest BCUT2D eigenvalue weighted by molar-refractivity contribution is 5.83. The summed E-state index contributed by atoms with van der Waals surface area (Å²) in [5, 5.41) is 12.2. The molecule has 6 rings (SSSR count). The van der Waals surface area contributed by atoms with E-state index < -0.39 is 40.9 Å². The zero-order valence-electron chi connectivity index (χ0n) is 19.3. The lowest BCUT2D eigenvalue weighted by Gasteiger charge is -2.61. The average molecular weight is 456 g/mol. The predicted molar refractivity (Wildman–Crippen MR) is 115 cm³/mol. The molecule has 176 valence electrons. The molecule has 8 heteroatoms. The second-order valence-corrected chi connectivity index (χ2v) is 10.5. The lowest BCUT2D eigenvalue weighted by molar-refractivity contribution is -0.171. The summed E-state index contributed by atoms with van der Waals surface area (Å²) >= 11 is 0. The summed E-state index contributed by atoms with van der Waals surface area (Å²) in [6, 6.07) is 4.15. The minimum absolute atomic E-state index is 0.0455. The zero-order chi connectivity index (χ0) is 23.3. The van der Waals surface area contributed by atoms with Crippen LogP contribution in [0.2, 0.25) is 0 Å². The minimum Gasteiger partial charge on any atom is -0.481 e. The number of likely N-dealkylation sites (N-methyl/N-ethyl adjacent to an activating group) is 1. The van der Waals surface area contributed by atoms with Gasteiger partial charge < -0.3 is 29.0 Å². The number of benzene rings is 1. The van der Waals surface area contributed by atoms with Gasteiger partial charge in [0.15, 0.2) is 12.2 Å². The maximum absolute atomic E-state index is 12.8. The number of ether oxygens (including phenoxy) is 4. The summed E-state index contributed by atoms with van der Waals surface area (Å²) < 4.78 is 23.0. The van der Waals surface area contributed by atoms with Crippen LogP contribution in [0.15, 0.2) is 24.0 Å². The van der Waals surface area contributed by atoms with Gasteiger partial charge in [-0.2, -0.15) is 0 Å². The van der Waals surface area contributed by atoms with Gasteiger partial charge in [0.05, 0.1) is 17.4 Å². The van der Waals surface area contributed by atoms with Crippen molar-refractivity contribution < 1.29 is 33.6 Å². The molecular weight excluding hydrogens is 426 g/mol. The Morgan fingerprint density at radius 3 is 2.85 bits per heavy atom. The van der Waals surface area contributed by atoms with Crippen molar-refractivity contribution in [3.8, 4) is 5.75 Å². The Kier molecular flexibility index (Phi) is 4.22. The number of esters is 2. The Morgan fingerprint density at radius 1 is 1.33 bits per heavy atom. The molecule has 0 amide bonds. The molecule has 2 aliphatic carbocycles. The maximum atomic E-state index is 12.8. The van der Waals surface area contributed by atoms with E-state index in [4.69, 9.17) is 18.9 Å². The molecule has 3 heterocycles. The van der Waals surface area contributed by atoms with Crippen LogP contribution >= 0.6 is 0 Å². The van der Waals surface area contributed by atoms with Gasteiger partial charge in [-0.05, 0) is 50.6 Å². The molecule has 0 unspecified atom stereocenters. The van der Waals surface area contributed by atoms with E-state index in [0.717, 1.165) is 29.8 Å². The van der Waals surface area contributed by atoms with Crippen LogP contribution in [0.1, 0.15) is 49.8 Å². The number of cyclic esters (lactones) is 1. The van der Waals surface area contributed by atoms with E-state index in [-0.39, 0.29) is 12.5 Å². The van der Waals surface area contributed by atoms with Crippen molar-refractivity contribution in [3.05, 3.63) is 40.7 Å². The first kappa shape index (κ1) is 21.1. The molecule has 3 aliphatic heterocycles. The van der Waals surface area contributed by atoms with Crippen molar-refractivity contribution in [3.63, 3.8) is 0 Å². The molecule has 2 fully saturated rings. The van der Waals surface area contributed by atoms with E-state index in [1.807, 2.05) is 6.92 Å². The number of nitrogens with zero attached hydrogens (tertiary/aromatic N) is 1. The summed E-state index contributed by atoms with van der Waals surface area (Å²) in [7, 11) is 2.06. The lowest BCUT2D eigenvalue weighted by atomic mass is 9.50. The molecule has 1 aromatic carbocycles. The third kappa shape index (κ3) is 2.68. The van der Waals surface area contributed by atoms with Gasteiger partial charge in [0.1, 0.15) is 11.5 Å². The quantitative estimate of drug-likeness (QED) is 0.691. The van der Waals surface area contributed by atoms with Gasteiger partial charge >= 0.3 is 11.9 Å². The molecule has 8 nitrogen and oxygen atoms in total. The second kappa shape index (κ2) is 6.58. The smallest absolute Gasteiger partial charge is 0.338 e. The molecule has 33 heavy (non-hydrogen) atoms. The molecule has 1 aromatic rings. The van der Waals surface area contributed by atoms with E-state index in [2.05, 4.69) is 24.1 Å². The number of aliphatic hydroxyl groups is 1. The molecular formula is C25H29NO7. The molecule has 1 spiro atoms. The van der Waals surface area contributed by atoms with Crippen LogP contribution in [-0.4, -0.2) is 65.2 Å². The number of piperidine rings is 1. The Balaban J connectivity index is 1.35. The average Bonchev–Trinajstić information content (AvgIpc) is 3.21. The third-order valence-electron chi connectivity index (χ3n) is 8.19. The topological polar surface area (TPSA) is 94.5 Å². The molecule has 2 saturated heterocycles. The summed E-state index contributed by atoms with van der Waals surface area (Å²) in [6.45, 7) is 6.08. The van der Waals surface area contributed by atoms with Gasteiger partial charge in [-0.1, -0.05) is 12.1 Å². The molecule has 0 radical (unpaired) electrons. The van der Waals surface area contributed by atoms with E-state index in [0.29, 0.717) is 18.6 Å². The first-order chi connectivity index (χ1) is 15.6. The molecule has 5 aliphatic rings. The summed E-state index contributed by atoms with van der Waals surface area (Å²) in [6.07, 6.45) is 1.78. The normalized spacial score (nSPS) is 37.7. The molecule has 0 aromatic heterocycles. The van der Waals surface area contributed by atoms with Crippen LogP contribution in [-0.2, 0) is 35.6 Å². The van der Waals surface area contributed by atoms with Crippen molar-refractivity contribution in [1.29, 1.82) is 0 Å². The number of carbonyl (C=O) groups is 2. The summed E-state index contributed by atoms with van der Waals surface area (Å²) in [4.78, 5) is 27.1. The van der Waals surface area contributed by atoms with Crippen molar-refractivity contribution in [2.75, 3.05) is 13.6 Å². The first-order valence-electron chi connectivity index (χ1n) is 11.6. The molecule has 1 N–H and O–H groups in total. The van der Waals surface area contributed by atoms with Crippen LogP contribution in [0, 0.1) is 6.92 Å². The number of hydrogen-bond donors (Lipinski definition) is 1. The van der Waals surface area contributed by atoms with Crippen LogP contribution in [0.4, 0.5) is 0 Å². The van der Waals surface area contributed by atoms with Crippen LogP contribution < -0.4 is 4.74 Å². The Morgan fingerprint density at radius 2 is 2.12 bits per heavy atom. The lowest BCUT2D eigenvalue weighted by Crippen LogP contribution is -2.74. The van der Waals surface area contributed by atoms with E-state index >= 15 is 0 Å². The van der Waals surface area contributed by atoms with Crippen molar-refractivity contribution in [2.45, 2.75) is 81.5 Å². The third-order valence-corrected chi connectivity index (χ3v) is 8.19. The highest BCUT2D eigenvalue weighted by Crippen LogP contribution is 2.64. The minimum atomic E-state index is -1.06. The van der Waals surface area contributed by atoms with E-state index in [9.17, 15) is 14.7 Å². The highest BCUT2D eigenvalue weighted by atomic mass is 16.8. The molecule has 5 atom stereocenters. The van der Waals surface area contributed by atoms with Gasteiger partial charge in [-0.3, -0.25) is 4.79 Å². The van der Waals surface area contributed by atoms with Gasteiger partial charge in [-0.25, -0.2) is 4.79 Å². The number of likely N-dealkylation sites (tertiary alicyclic amines) is 1. The summed E-state index contributed by atoms with van der Waals surface area (Å²) in [5.41, 5.74) is 1.58. The fourth-order valence-electron chi connectivity index (χ4n) is 6.76.